The first-order valence-corrected chi connectivity index (χ1v) is 6.77. The number of rotatable bonds is 4. The number of unbranched alkanes of at least 4 members (excludes halogenated alkanes) is 1. The lowest BCUT2D eigenvalue weighted by Crippen LogP contribution is -2.34. The van der Waals surface area contributed by atoms with Gasteiger partial charge in [-0.3, -0.25) is 4.79 Å². The van der Waals surface area contributed by atoms with Gasteiger partial charge in [0.1, 0.15) is 0 Å². The summed E-state index contributed by atoms with van der Waals surface area (Å²) in [6.07, 6.45) is 2.35. The highest BCUT2D eigenvalue weighted by Gasteiger charge is 2.37. The molecule has 0 N–H and O–H groups in total. The maximum absolute atomic E-state index is 12.0. The van der Waals surface area contributed by atoms with Crippen molar-refractivity contribution >= 4 is 12.0 Å². The van der Waals surface area contributed by atoms with Crippen LogP contribution in [0.25, 0.3) is 0 Å². The van der Waals surface area contributed by atoms with Crippen molar-refractivity contribution in [3.63, 3.8) is 0 Å². The monoisotopic (exact) mass is 261 g/mol. The van der Waals surface area contributed by atoms with Crippen molar-refractivity contribution in [2.75, 3.05) is 6.61 Å². The third-order valence-corrected chi connectivity index (χ3v) is 3.32. The second kappa shape index (κ2) is 6.36. The first-order valence-electron chi connectivity index (χ1n) is 6.77. The Morgan fingerprint density at radius 1 is 1.37 bits per heavy atom. The molecule has 1 atom stereocenters. The molecule has 0 radical (unpaired) electrons. The summed E-state index contributed by atoms with van der Waals surface area (Å²) < 4.78 is 5.15. The number of nitrogens with zero attached hydrogens (tertiary/aromatic N) is 1. The van der Waals surface area contributed by atoms with Crippen LogP contribution in [-0.4, -0.2) is 23.5 Å². The molecular weight excluding hydrogens is 242 g/mol. The van der Waals surface area contributed by atoms with Gasteiger partial charge in [-0.05, 0) is 18.4 Å². The Morgan fingerprint density at radius 2 is 2.11 bits per heavy atom. The highest BCUT2D eigenvalue weighted by molar-refractivity contribution is 5.94. The van der Waals surface area contributed by atoms with E-state index in [9.17, 15) is 9.59 Å². The molecule has 1 fully saturated rings. The van der Waals surface area contributed by atoms with Crippen LogP contribution in [0.5, 0.6) is 0 Å². The number of ether oxygens (including phenoxy) is 1. The van der Waals surface area contributed by atoms with Crippen LogP contribution in [0, 0.1) is 0 Å². The van der Waals surface area contributed by atoms with Crippen LogP contribution in [0.1, 0.15) is 44.2 Å². The second-order valence-electron chi connectivity index (χ2n) is 4.70. The molecule has 1 saturated heterocycles. The smallest absolute Gasteiger partial charge is 0.417 e. The van der Waals surface area contributed by atoms with Gasteiger partial charge in [0.2, 0.25) is 5.91 Å². The van der Waals surface area contributed by atoms with Gasteiger partial charge in [0.15, 0.2) is 0 Å². The Labute approximate surface area is 113 Å². The molecule has 102 valence electrons. The zero-order chi connectivity index (χ0) is 13.7. The lowest BCUT2D eigenvalue weighted by molar-refractivity contribution is -0.127. The summed E-state index contributed by atoms with van der Waals surface area (Å²) in [5.74, 6) is -0.143. The number of hydrogen-bond acceptors (Lipinski definition) is 3. The van der Waals surface area contributed by atoms with Gasteiger partial charge in [-0.25, -0.2) is 9.69 Å². The summed E-state index contributed by atoms with van der Waals surface area (Å²) in [6.45, 7) is 2.40. The first-order chi connectivity index (χ1) is 9.24. The molecule has 2 amide bonds. The molecule has 1 aliphatic heterocycles. The van der Waals surface area contributed by atoms with Crippen LogP contribution in [-0.2, 0) is 9.53 Å². The predicted molar refractivity (Wildman–Crippen MR) is 71.5 cm³/mol. The van der Waals surface area contributed by atoms with Crippen LogP contribution in [0.3, 0.4) is 0 Å². The van der Waals surface area contributed by atoms with E-state index in [1.807, 2.05) is 37.3 Å². The van der Waals surface area contributed by atoms with E-state index in [0.717, 1.165) is 18.4 Å². The van der Waals surface area contributed by atoms with Crippen molar-refractivity contribution in [2.24, 2.45) is 0 Å². The molecule has 1 aromatic rings. The third kappa shape index (κ3) is 3.13. The standard InChI is InChI=1S/C15H19NO3/c1-2-3-11-19-15(18)16-13(9-10-14(16)17)12-7-5-4-6-8-12/h4-8,13H,2-3,9-11H2,1H3. The molecule has 1 unspecified atom stereocenters. The lowest BCUT2D eigenvalue weighted by atomic mass is 10.1. The van der Waals surface area contributed by atoms with Gasteiger partial charge in [0.25, 0.3) is 0 Å². The first kappa shape index (κ1) is 13.6. The minimum atomic E-state index is -0.509. The van der Waals surface area contributed by atoms with Crippen molar-refractivity contribution < 1.29 is 14.3 Å². The average molecular weight is 261 g/mol. The molecule has 0 saturated carbocycles. The van der Waals surface area contributed by atoms with E-state index in [1.54, 1.807) is 0 Å². The molecule has 1 aromatic carbocycles. The highest BCUT2D eigenvalue weighted by Crippen LogP contribution is 2.33. The Morgan fingerprint density at radius 3 is 2.79 bits per heavy atom. The highest BCUT2D eigenvalue weighted by atomic mass is 16.6. The Balaban J connectivity index is 2.07. The van der Waals surface area contributed by atoms with Crippen molar-refractivity contribution in [3.8, 4) is 0 Å². The summed E-state index contributed by atoms with van der Waals surface area (Å²) in [7, 11) is 0. The lowest BCUT2D eigenvalue weighted by Gasteiger charge is -2.22. The fourth-order valence-corrected chi connectivity index (χ4v) is 2.28. The van der Waals surface area contributed by atoms with E-state index in [-0.39, 0.29) is 11.9 Å². The van der Waals surface area contributed by atoms with E-state index in [2.05, 4.69) is 0 Å². The maximum Gasteiger partial charge on any atom is 0.417 e. The van der Waals surface area contributed by atoms with Gasteiger partial charge in [-0.15, -0.1) is 0 Å². The zero-order valence-electron chi connectivity index (χ0n) is 11.2. The van der Waals surface area contributed by atoms with E-state index in [0.29, 0.717) is 19.4 Å². The molecule has 0 aliphatic carbocycles. The normalized spacial score (nSPS) is 18.7. The van der Waals surface area contributed by atoms with E-state index < -0.39 is 6.09 Å². The van der Waals surface area contributed by atoms with Gasteiger partial charge in [0, 0.05) is 6.42 Å². The minimum Gasteiger partial charge on any atom is -0.449 e. The molecule has 0 spiro atoms. The summed E-state index contributed by atoms with van der Waals surface area (Å²) in [4.78, 5) is 25.1. The molecule has 19 heavy (non-hydrogen) atoms. The van der Waals surface area contributed by atoms with Gasteiger partial charge < -0.3 is 4.74 Å². The number of benzene rings is 1. The van der Waals surface area contributed by atoms with Crippen molar-refractivity contribution in [3.05, 3.63) is 35.9 Å². The van der Waals surface area contributed by atoms with E-state index in [1.165, 1.54) is 4.90 Å². The number of hydrogen-bond donors (Lipinski definition) is 0. The van der Waals surface area contributed by atoms with Crippen LogP contribution in [0.4, 0.5) is 4.79 Å². The van der Waals surface area contributed by atoms with Gasteiger partial charge >= 0.3 is 6.09 Å². The molecule has 4 nitrogen and oxygen atoms in total. The van der Waals surface area contributed by atoms with Crippen LogP contribution < -0.4 is 0 Å². The van der Waals surface area contributed by atoms with Crippen molar-refractivity contribution in [2.45, 2.75) is 38.6 Å². The average Bonchev–Trinajstić information content (AvgIpc) is 2.82. The quantitative estimate of drug-likeness (QED) is 0.781. The predicted octanol–water partition coefficient (Wildman–Crippen LogP) is 3.29. The zero-order valence-corrected chi connectivity index (χ0v) is 11.2. The largest absolute Gasteiger partial charge is 0.449 e. The Kier molecular flexibility index (Phi) is 4.55. The summed E-state index contributed by atoms with van der Waals surface area (Å²) >= 11 is 0. The summed E-state index contributed by atoms with van der Waals surface area (Å²) in [6, 6.07) is 9.45. The third-order valence-electron chi connectivity index (χ3n) is 3.32. The molecule has 2 rings (SSSR count). The fourth-order valence-electron chi connectivity index (χ4n) is 2.28. The van der Waals surface area contributed by atoms with Gasteiger partial charge in [0.05, 0.1) is 12.6 Å². The second-order valence-corrected chi connectivity index (χ2v) is 4.70. The molecule has 1 aliphatic rings. The van der Waals surface area contributed by atoms with Crippen molar-refractivity contribution in [1.29, 1.82) is 0 Å². The summed E-state index contributed by atoms with van der Waals surface area (Å²) in [5.41, 5.74) is 0.987. The number of carbonyl (C=O) groups excluding carboxylic acids is 2. The molecule has 4 heteroatoms. The van der Waals surface area contributed by atoms with E-state index >= 15 is 0 Å². The molecule has 0 aromatic heterocycles. The van der Waals surface area contributed by atoms with Crippen molar-refractivity contribution in [1.82, 2.24) is 4.90 Å². The topological polar surface area (TPSA) is 46.6 Å². The fraction of sp³-hybridized carbons (Fsp3) is 0.467. The minimum absolute atomic E-state index is 0.143. The van der Waals surface area contributed by atoms with Crippen LogP contribution >= 0.6 is 0 Å². The number of likely N-dealkylation sites (tertiary alicyclic amines) is 1. The van der Waals surface area contributed by atoms with Gasteiger partial charge in [-0.1, -0.05) is 43.7 Å². The number of carbonyl (C=O) groups is 2. The SMILES string of the molecule is CCCCOC(=O)N1C(=O)CCC1c1ccccc1. The van der Waals surface area contributed by atoms with Crippen LogP contribution in [0.2, 0.25) is 0 Å². The molecule has 1 heterocycles. The Hall–Kier alpha value is -1.84. The number of imide groups is 1. The van der Waals surface area contributed by atoms with E-state index in [4.69, 9.17) is 4.74 Å². The summed E-state index contributed by atoms with van der Waals surface area (Å²) in [5, 5.41) is 0. The maximum atomic E-state index is 12.0. The Bertz CT molecular complexity index is 444. The molecular formula is C15H19NO3. The number of amides is 2. The van der Waals surface area contributed by atoms with Crippen LogP contribution in [0.15, 0.2) is 30.3 Å². The van der Waals surface area contributed by atoms with Gasteiger partial charge in [-0.2, -0.15) is 0 Å². The molecule has 0 bridgehead atoms.